The molecule has 0 aliphatic carbocycles. The van der Waals surface area contributed by atoms with Crippen molar-refractivity contribution < 1.29 is 4.74 Å². The fraction of sp³-hybridized carbons (Fsp3) is 0.312. The first-order chi connectivity index (χ1) is 10.3. The topological polar surface area (TPSA) is 51.4 Å². The van der Waals surface area contributed by atoms with Crippen LogP contribution in [0.15, 0.2) is 36.5 Å². The summed E-state index contributed by atoms with van der Waals surface area (Å²) >= 11 is 6.33. The van der Waals surface area contributed by atoms with Crippen LogP contribution in [0.5, 0.6) is 0 Å². The lowest BCUT2D eigenvalue weighted by molar-refractivity contribution is 0.122. The number of pyridine rings is 1. The Morgan fingerprint density at radius 1 is 1.19 bits per heavy atom. The van der Waals surface area contributed by atoms with Gasteiger partial charge in [-0.1, -0.05) is 29.8 Å². The largest absolute Gasteiger partial charge is 0.378 e. The number of nitrogens with two attached hydrogens (primary N) is 1. The molecule has 0 amide bonds. The molecule has 2 N–H and O–H groups in total. The van der Waals surface area contributed by atoms with Gasteiger partial charge >= 0.3 is 0 Å². The second-order valence-electron chi connectivity index (χ2n) is 4.98. The van der Waals surface area contributed by atoms with Crippen LogP contribution in [0.2, 0.25) is 5.02 Å². The van der Waals surface area contributed by atoms with Crippen molar-refractivity contribution in [3.05, 3.63) is 47.1 Å². The van der Waals surface area contributed by atoms with Gasteiger partial charge in [0.2, 0.25) is 0 Å². The molecule has 2 aromatic rings. The number of ether oxygens (including phenoxy) is 1. The van der Waals surface area contributed by atoms with E-state index in [-0.39, 0.29) is 0 Å². The number of halogens is 1. The monoisotopic (exact) mass is 303 g/mol. The van der Waals surface area contributed by atoms with Crippen molar-refractivity contribution >= 4 is 17.4 Å². The third kappa shape index (κ3) is 3.02. The van der Waals surface area contributed by atoms with Crippen LogP contribution in [0.25, 0.3) is 11.1 Å². The first kappa shape index (κ1) is 14.3. The van der Waals surface area contributed by atoms with Crippen LogP contribution < -0.4 is 10.6 Å². The first-order valence-electron chi connectivity index (χ1n) is 7.06. The van der Waals surface area contributed by atoms with Gasteiger partial charge in [0.15, 0.2) is 0 Å². The minimum atomic E-state index is 0.441. The Labute approximate surface area is 129 Å². The van der Waals surface area contributed by atoms with Crippen molar-refractivity contribution in [1.29, 1.82) is 0 Å². The highest BCUT2D eigenvalue weighted by atomic mass is 35.5. The molecule has 3 rings (SSSR count). The summed E-state index contributed by atoms with van der Waals surface area (Å²) in [6.07, 6.45) is 1.85. The Morgan fingerprint density at radius 2 is 1.95 bits per heavy atom. The number of nitrogens with zero attached hydrogens (tertiary/aromatic N) is 2. The molecule has 1 fully saturated rings. The van der Waals surface area contributed by atoms with E-state index in [1.807, 2.05) is 30.5 Å². The van der Waals surface area contributed by atoms with Crippen molar-refractivity contribution in [2.45, 2.75) is 6.54 Å². The summed E-state index contributed by atoms with van der Waals surface area (Å²) in [6.45, 7) is 3.63. The number of rotatable bonds is 3. The predicted octanol–water partition coefficient (Wildman–Crippen LogP) is 2.70. The molecule has 0 atom stereocenters. The molecule has 1 aromatic carbocycles. The maximum atomic E-state index is 6.33. The van der Waals surface area contributed by atoms with Gasteiger partial charge in [0.1, 0.15) is 5.82 Å². The Balaban J connectivity index is 2.03. The minimum Gasteiger partial charge on any atom is -0.378 e. The zero-order chi connectivity index (χ0) is 14.7. The van der Waals surface area contributed by atoms with Crippen molar-refractivity contribution in [3.8, 4) is 11.1 Å². The van der Waals surface area contributed by atoms with E-state index in [2.05, 4.69) is 16.0 Å². The summed E-state index contributed by atoms with van der Waals surface area (Å²) in [5.41, 5.74) is 8.90. The number of benzene rings is 1. The zero-order valence-electron chi connectivity index (χ0n) is 11.8. The van der Waals surface area contributed by atoms with Gasteiger partial charge in [0.05, 0.1) is 13.2 Å². The Kier molecular flexibility index (Phi) is 4.39. The smallest absolute Gasteiger partial charge is 0.129 e. The van der Waals surface area contributed by atoms with E-state index in [0.717, 1.165) is 53.8 Å². The van der Waals surface area contributed by atoms with Gasteiger partial charge in [-0.25, -0.2) is 4.98 Å². The number of hydrogen-bond acceptors (Lipinski definition) is 4. The third-order valence-electron chi connectivity index (χ3n) is 3.69. The quantitative estimate of drug-likeness (QED) is 0.947. The van der Waals surface area contributed by atoms with E-state index in [4.69, 9.17) is 22.1 Å². The van der Waals surface area contributed by atoms with Crippen molar-refractivity contribution in [2.75, 3.05) is 31.2 Å². The Bertz CT molecular complexity index is 627. The Hall–Kier alpha value is -1.62. The molecule has 4 nitrogen and oxygen atoms in total. The summed E-state index contributed by atoms with van der Waals surface area (Å²) in [4.78, 5) is 6.76. The van der Waals surface area contributed by atoms with Crippen LogP contribution >= 0.6 is 11.6 Å². The van der Waals surface area contributed by atoms with E-state index < -0.39 is 0 Å². The fourth-order valence-corrected chi connectivity index (χ4v) is 2.77. The molecule has 0 saturated carbocycles. The van der Waals surface area contributed by atoms with Crippen molar-refractivity contribution in [2.24, 2.45) is 5.73 Å². The van der Waals surface area contributed by atoms with E-state index in [9.17, 15) is 0 Å². The van der Waals surface area contributed by atoms with E-state index in [1.165, 1.54) is 0 Å². The SMILES string of the molecule is NCc1cnc(N2CCOCC2)cc1-c1ccccc1Cl. The molecule has 1 aliphatic heterocycles. The summed E-state index contributed by atoms with van der Waals surface area (Å²) in [5, 5.41) is 0.728. The molecule has 0 unspecified atom stereocenters. The lowest BCUT2D eigenvalue weighted by Crippen LogP contribution is -2.36. The average molecular weight is 304 g/mol. The normalized spacial score (nSPS) is 15.2. The minimum absolute atomic E-state index is 0.441. The van der Waals surface area contributed by atoms with Crippen molar-refractivity contribution in [3.63, 3.8) is 0 Å². The highest BCUT2D eigenvalue weighted by molar-refractivity contribution is 6.33. The van der Waals surface area contributed by atoms with E-state index >= 15 is 0 Å². The van der Waals surface area contributed by atoms with Gasteiger partial charge in [-0.3, -0.25) is 0 Å². The van der Waals surface area contributed by atoms with Crippen LogP contribution in [0.1, 0.15) is 5.56 Å². The van der Waals surface area contributed by atoms with Gasteiger partial charge < -0.3 is 15.4 Å². The van der Waals surface area contributed by atoms with Gasteiger partial charge in [0.25, 0.3) is 0 Å². The zero-order valence-corrected chi connectivity index (χ0v) is 12.5. The van der Waals surface area contributed by atoms with Gasteiger partial charge in [-0.2, -0.15) is 0 Å². The second-order valence-corrected chi connectivity index (χ2v) is 5.39. The lowest BCUT2D eigenvalue weighted by atomic mass is 10.0. The van der Waals surface area contributed by atoms with Crippen LogP contribution in [-0.2, 0) is 11.3 Å². The molecular weight excluding hydrogens is 286 g/mol. The molecular formula is C16H18ClN3O. The molecule has 21 heavy (non-hydrogen) atoms. The number of anilines is 1. The molecule has 110 valence electrons. The molecule has 0 spiro atoms. The van der Waals surface area contributed by atoms with Gasteiger partial charge in [-0.05, 0) is 23.3 Å². The summed E-state index contributed by atoms with van der Waals surface area (Å²) in [7, 11) is 0. The fourth-order valence-electron chi connectivity index (χ4n) is 2.53. The van der Waals surface area contributed by atoms with Gasteiger partial charge in [-0.15, -0.1) is 0 Å². The number of hydrogen-bond donors (Lipinski definition) is 1. The molecule has 1 aromatic heterocycles. The van der Waals surface area contributed by atoms with Crippen LogP contribution in [0.4, 0.5) is 5.82 Å². The van der Waals surface area contributed by atoms with E-state index in [0.29, 0.717) is 6.54 Å². The summed E-state index contributed by atoms with van der Waals surface area (Å²) in [5.74, 6) is 0.949. The average Bonchev–Trinajstić information content (AvgIpc) is 2.55. The number of morpholine rings is 1. The summed E-state index contributed by atoms with van der Waals surface area (Å²) in [6, 6.07) is 9.90. The predicted molar refractivity (Wildman–Crippen MR) is 85.6 cm³/mol. The van der Waals surface area contributed by atoms with Crippen LogP contribution in [0, 0.1) is 0 Å². The van der Waals surface area contributed by atoms with Crippen LogP contribution in [-0.4, -0.2) is 31.3 Å². The third-order valence-corrected chi connectivity index (χ3v) is 4.02. The molecule has 5 heteroatoms. The highest BCUT2D eigenvalue weighted by Crippen LogP contribution is 2.32. The second kappa shape index (κ2) is 6.43. The standard InChI is InChI=1S/C16H18ClN3O/c17-15-4-2-1-3-13(15)14-9-16(19-11-12(14)10-18)20-5-7-21-8-6-20/h1-4,9,11H,5-8,10,18H2. The van der Waals surface area contributed by atoms with Crippen molar-refractivity contribution in [1.82, 2.24) is 4.98 Å². The van der Waals surface area contributed by atoms with Gasteiger partial charge in [0, 0.05) is 36.4 Å². The van der Waals surface area contributed by atoms with E-state index in [1.54, 1.807) is 0 Å². The summed E-state index contributed by atoms with van der Waals surface area (Å²) < 4.78 is 5.39. The lowest BCUT2D eigenvalue weighted by Gasteiger charge is -2.28. The molecule has 1 saturated heterocycles. The first-order valence-corrected chi connectivity index (χ1v) is 7.44. The molecule has 0 radical (unpaired) electrons. The van der Waals surface area contributed by atoms with Crippen LogP contribution in [0.3, 0.4) is 0 Å². The molecule has 2 heterocycles. The number of aromatic nitrogens is 1. The maximum absolute atomic E-state index is 6.33. The molecule has 0 bridgehead atoms. The maximum Gasteiger partial charge on any atom is 0.129 e. The molecule has 1 aliphatic rings. The Morgan fingerprint density at radius 3 is 2.67 bits per heavy atom. The highest BCUT2D eigenvalue weighted by Gasteiger charge is 2.15.